The van der Waals surface area contributed by atoms with Crippen LogP contribution in [0.2, 0.25) is 0 Å². The number of benzene rings is 1. The quantitative estimate of drug-likeness (QED) is 0.845. The number of hydrogen-bond acceptors (Lipinski definition) is 3. The molecule has 1 aliphatic rings. The van der Waals surface area contributed by atoms with E-state index in [0.29, 0.717) is 19.6 Å². The van der Waals surface area contributed by atoms with Gasteiger partial charge in [-0.3, -0.25) is 4.79 Å². The number of hydrogen-bond donors (Lipinski definition) is 2. The minimum Gasteiger partial charge on any atom is -0.479 e. The zero-order valence-electron chi connectivity index (χ0n) is 13.3. The third kappa shape index (κ3) is 2.86. The number of amides is 1. The smallest absolute Gasteiger partial charge is 0.330 e. The number of carboxylic acids is 1. The highest BCUT2D eigenvalue weighted by Gasteiger charge is 2.65. The van der Waals surface area contributed by atoms with E-state index < -0.39 is 16.9 Å². The van der Waals surface area contributed by atoms with Crippen molar-refractivity contribution in [2.75, 3.05) is 6.61 Å². The highest BCUT2D eigenvalue weighted by atomic mass is 16.5. The molecule has 0 aromatic heterocycles. The molecule has 22 heavy (non-hydrogen) atoms. The van der Waals surface area contributed by atoms with Crippen molar-refractivity contribution in [1.82, 2.24) is 5.32 Å². The second-order valence-corrected chi connectivity index (χ2v) is 6.52. The predicted molar refractivity (Wildman–Crippen MR) is 82.2 cm³/mol. The Morgan fingerprint density at radius 1 is 1.32 bits per heavy atom. The molecule has 0 aliphatic heterocycles. The zero-order valence-corrected chi connectivity index (χ0v) is 13.3. The van der Waals surface area contributed by atoms with Gasteiger partial charge in [-0.25, -0.2) is 4.79 Å². The lowest BCUT2D eigenvalue weighted by Gasteiger charge is -2.58. The lowest BCUT2D eigenvalue weighted by Crippen LogP contribution is -2.74. The summed E-state index contributed by atoms with van der Waals surface area (Å²) in [6.45, 7) is 6.08. The van der Waals surface area contributed by atoms with Crippen LogP contribution in [-0.4, -0.2) is 29.1 Å². The Labute approximate surface area is 130 Å². The van der Waals surface area contributed by atoms with E-state index in [2.05, 4.69) is 5.32 Å². The van der Waals surface area contributed by atoms with Gasteiger partial charge in [0.1, 0.15) is 5.54 Å². The summed E-state index contributed by atoms with van der Waals surface area (Å²) in [6, 6.07) is 9.85. The van der Waals surface area contributed by atoms with Gasteiger partial charge in [0.05, 0.1) is 13.2 Å². The number of rotatable bonds is 6. The molecule has 2 rings (SSSR count). The van der Waals surface area contributed by atoms with Crippen molar-refractivity contribution in [1.29, 1.82) is 0 Å². The van der Waals surface area contributed by atoms with E-state index in [9.17, 15) is 14.7 Å². The number of ether oxygens (including phenoxy) is 1. The van der Waals surface area contributed by atoms with Gasteiger partial charge in [-0.05, 0) is 17.9 Å². The Balaban J connectivity index is 1.95. The fraction of sp³-hybridized carbons (Fsp3) is 0.529. The van der Waals surface area contributed by atoms with Crippen LogP contribution in [0.5, 0.6) is 0 Å². The maximum Gasteiger partial charge on any atom is 0.330 e. The third-order valence-corrected chi connectivity index (χ3v) is 4.86. The molecule has 120 valence electrons. The first-order chi connectivity index (χ1) is 10.3. The second kappa shape index (κ2) is 6.08. The molecule has 1 aliphatic carbocycles. The average molecular weight is 305 g/mol. The third-order valence-electron chi connectivity index (χ3n) is 4.86. The van der Waals surface area contributed by atoms with Gasteiger partial charge in [0.25, 0.3) is 0 Å². The highest BCUT2D eigenvalue weighted by Crippen LogP contribution is 2.54. The fourth-order valence-electron chi connectivity index (χ4n) is 3.19. The molecule has 2 unspecified atom stereocenters. The molecule has 1 aromatic carbocycles. The van der Waals surface area contributed by atoms with Crippen LogP contribution < -0.4 is 5.32 Å². The lowest BCUT2D eigenvalue weighted by atomic mass is 9.49. The summed E-state index contributed by atoms with van der Waals surface area (Å²) in [5.41, 5.74) is -0.660. The summed E-state index contributed by atoms with van der Waals surface area (Å²) in [5.74, 6) is -1.20. The Bertz CT molecular complexity index is 555. The molecular weight excluding hydrogens is 282 g/mol. The number of carboxylic acid groups (broad SMARTS) is 1. The second-order valence-electron chi connectivity index (χ2n) is 6.52. The van der Waals surface area contributed by atoms with Crippen LogP contribution in [0.4, 0.5) is 0 Å². The van der Waals surface area contributed by atoms with Gasteiger partial charge < -0.3 is 15.2 Å². The first-order valence-electron chi connectivity index (χ1n) is 7.43. The van der Waals surface area contributed by atoms with Crippen LogP contribution in [0.25, 0.3) is 0 Å². The van der Waals surface area contributed by atoms with Crippen molar-refractivity contribution in [3.63, 3.8) is 0 Å². The highest BCUT2D eigenvalue weighted by molar-refractivity contribution is 5.88. The summed E-state index contributed by atoms with van der Waals surface area (Å²) < 4.78 is 5.73. The standard InChI is InChI=1S/C17H23NO4/c1-12(19)18-17(15(20)21)9-14(16(17,2)3)11-22-10-13-7-5-4-6-8-13/h4-8,14H,9-11H2,1-3H3,(H,18,19)(H,20,21). The van der Waals surface area contributed by atoms with Crippen LogP contribution in [0.15, 0.2) is 30.3 Å². The summed E-state index contributed by atoms with van der Waals surface area (Å²) in [6.07, 6.45) is 0.393. The van der Waals surface area contributed by atoms with Crippen LogP contribution in [0.3, 0.4) is 0 Å². The van der Waals surface area contributed by atoms with Gasteiger partial charge in [0.15, 0.2) is 0 Å². The first-order valence-corrected chi connectivity index (χ1v) is 7.43. The van der Waals surface area contributed by atoms with E-state index in [1.54, 1.807) is 0 Å². The van der Waals surface area contributed by atoms with E-state index in [0.717, 1.165) is 5.56 Å². The van der Waals surface area contributed by atoms with Gasteiger partial charge in [-0.2, -0.15) is 0 Å². The summed E-state index contributed by atoms with van der Waals surface area (Å²) in [7, 11) is 0. The lowest BCUT2D eigenvalue weighted by molar-refractivity contribution is -0.177. The number of carbonyl (C=O) groups excluding carboxylic acids is 1. The molecule has 1 saturated carbocycles. The van der Waals surface area contributed by atoms with Crippen LogP contribution in [-0.2, 0) is 20.9 Å². The van der Waals surface area contributed by atoms with E-state index in [1.807, 2.05) is 44.2 Å². The van der Waals surface area contributed by atoms with E-state index >= 15 is 0 Å². The molecule has 2 atom stereocenters. The minimum absolute atomic E-state index is 0.0964. The van der Waals surface area contributed by atoms with Crippen LogP contribution in [0, 0.1) is 11.3 Å². The Morgan fingerprint density at radius 2 is 1.95 bits per heavy atom. The van der Waals surface area contributed by atoms with E-state index in [-0.39, 0.29) is 11.8 Å². The molecular formula is C17H23NO4. The topological polar surface area (TPSA) is 75.6 Å². The van der Waals surface area contributed by atoms with Crippen molar-refractivity contribution in [2.24, 2.45) is 11.3 Å². The maximum atomic E-state index is 11.6. The molecule has 0 spiro atoms. The fourth-order valence-corrected chi connectivity index (χ4v) is 3.19. The number of nitrogens with one attached hydrogen (secondary N) is 1. The number of aliphatic carboxylic acids is 1. The SMILES string of the molecule is CC(=O)NC1(C(=O)O)CC(COCc2ccccc2)C1(C)C. The molecule has 0 bridgehead atoms. The van der Waals surface area contributed by atoms with Crippen molar-refractivity contribution in [3.8, 4) is 0 Å². The zero-order chi connectivity index (χ0) is 16.4. The Hall–Kier alpha value is -1.88. The number of carbonyl (C=O) groups is 2. The van der Waals surface area contributed by atoms with Crippen molar-refractivity contribution < 1.29 is 19.4 Å². The molecule has 0 radical (unpaired) electrons. The molecule has 1 aromatic rings. The van der Waals surface area contributed by atoms with Gasteiger partial charge in [-0.1, -0.05) is 44.2 Å². The van der Waals surface area contributed by atoms with Gasteiger partial charge in [0, 0.05) is 12.3 Å². The molecule has 5 nitrogen and oxygen atoms in total. The monoisotopic (exact) mass is 305 g/mol. The maximum absolute atomic E-state index is 11.6. The molecule has 5 heteroatoms. The Morgan fingerprint density at radius 3 is 2.45 bits per heavy atom. The summed E-state index contributed by atoms with van der Waals surface area (Å²) in [5, 5.41) is 12.2. The van der Waals surface area contributed by atoms with Crippen molar-refractivity contribution in [2.45, 2.75) is 39.3 Å². The van der Waals surface area contributed by atoms with Gasteiger partial charge in [-0.15, -0.1) is 0 Å². The Kier molecular flexibility index (Phi) is 4.56. The minimum atomic E-state index is -1.19. The van der Waals surface area contributed by atoms with Crippen LogP contribution in [0.1, 0.15) is 32.8 Å². The summed E-state index contributed by atoms with van der Waals surface area (Å²) >= 11 is 0. The van der Waals surface area contributed by atoms with Crippen LogP contribution >= 0.6 is 0 Å². The van der Waals surface area contributed by atoms with Crippen molar-refractivity contribution in [3.05, 3.63) is 35.9 Å². The molecule has 0 saturated heterocycles. The van der Waals surface area contributed by atoms with E-state index in [1.165, 1.54) is 6.92 Å². The largest absolute Gasteiger partial charge is 0.479 e. The van der Waals surface area contributed by atoms with Crippen molar-refractivity contribution >= 4 is 11.9 Å². The summed E-state index contributed by atoms with van der Waals surface area (Å²) in [4.78, 5) is 23.0. The first kappa shape index (κ1) is 16.5. The van der Waals surface area contributed by atoms with Gasteiger partial charge in [0.2, 0.25) is 5.91 Å². The predicted octanol–water partition coefficient (Wildman–Crippen LogP) is 2.21. The molecule has 0 heterocycles. The molecule has 1 fully saturated rings. The van der Waals surface area contributed by atoms with E-state index in [4.69, 9.17) is 4.74 Å². The normalized spacial score (nSPS) is 26.0. The average Bonchev–Trinajstić information content (AvgIpc) is 2.45. The molecule has 1 amide bonds. The molecule has 2 N–H and O–H groups in total. The van der Waals surface area contributed by atoms with Gasteiger partial charge >= 0.3 is 5.97 Å².